The van der Waals surface area contributed by atoms with Crippen LogP contribution in [0, 0.1) is 12.8 Å². The lowest BCUT2D eigenvalue weighted by atomic mass is 9.97. The zero-order valence-electron chi connectivity index (χ0n) is 18.5. The van der Waals surface area contributed by atoms with Gasteiger partial charge in [-0.1, -0.05) is 12.1 Å². The van der Waals surface area contributed by atoms with Gasteiger partial charge in [0.2, 0.25) is 5.91 Å². The number of nitrogens with one attached hydrogen (secondary N) is 1. The third-order valence-electron chi connectivity index (χ3n) is 5.93. The number of hydrogen-bond acceptors (Lipinski definition) is 7. The first-order valence-electron chi connectivity index (χ1n) is 10.9. The van der Waals surface area contributed by atoms with Gasteiger partial charge in [-0.2, -0.15) is 14.7 Å². The maximum absolute atomic E-state index is 12.9. The number of aryl methyl sites for hydroxylation is 2. The second-order valence-electron chi connectivity index (χ2n) is 8.24. The molecule has 10 nitrogen and oxygen atoms in total. The van der Waals surface area contributed by atoms with Crippen LogP contribution in [0.5, 0.6) is 0 Å². The number of aromatic nitrogens is 6. The molecule has 3 aromatic heterocycles. The molecule has 0 bridgehead atoms. The van der Waals surface area contributed by atoms with Crippen LogP contribution in [0.4, 0.5) is 11.5 Å². The van der Waals surface area contributed by atoms with Crippen molar-refractivity contribution in [2.45, 2.75) is 19.8 Å². The van der Waals surface area contributed by atoms with Gasteiger partial charge in [0.1, 0.15) is 5.82 Å². The quantitative estimate of drug-likeness (QED) is 0.513. The molecule has 4 aromatic rings. The van der Waals surface area contributed by atoms with Gasteiger partial charge in [-0.05, 0) is 50.1 Å². The molecule has 1 amide bonds. The lowest BCUT2D eigenvalue weighted by Crippen LogP contribution is -2.41. The highest BCUT2D eigenvalue weighted by atomic mass is 16.2. The molecule has 1 fully saturated rings. The van der Waals surface area contributed by atoms with Crippen molar-refractivity contribution in [3.63, 3.8) is 0 Å². The van der Waals surface area contributed by atoms with Crippen LogP contribution in [-0.4, -0.2) is 48.6 Å². The van der Waals surface area contributed by atoms with Crippen molar-refractivity contribution in [1.29, 1.82) is 0 Å². The van der Waals surface area contributed by atoms with E-state index in [9.17, 15) is 9.59 Å². The summed E-state index contributed by atoms with van der Waals surface area (Å²) in [7, 11) is 1.63. The van der Waals surface area contributed by atoms with Gasteiger partial charge in [0.25, 0.3) is 5.56 Å². The molecule has 33 heavy (non-hydrogen) atoms. The molecule has 4 heterocycles. The van der Waals surface area contributed by atoms with E-state index in [4.69, 9.17) is 0 Å². The van der Waals surface area contributed by atoms with Gasteiger partial charge in [0, 0.05) is 37.5 Å². The summed E-state index contributed by atoms with van der Waals surface area (Å²) in [6.07, 6.45) is 1.70. The molecule has 1 saturated heterocycles. The Labute approximate surface area is 189 Å². The van der Waals surface area contributed by atoms with Crippen LogP contribution in [0.1, 0.15) is 18.7 Å². The molecule has 0 spiro atoms. The third kappa shape index (κ3) is 4.19. The van der Waals surface area contributed by atoms with Crippen LogP contribution in [0.3, 0.4) is 0 Å². The van der Waals surface area contributed by atoms with Gasteiger partial charge in [-0.25, -0.2) is 4.68 Å². The molecule has 1 atom stereocenters. The Morgan fingerprint density at radius 2 is 1.85 bits per heavy atom. The lowest BCUT2D eigenvalue weighted by Gasteiger charge is -2.32. The molecule has 0 saturated carbocycles. The van der Waals surface area contributed by atoms with E-state index in [1.54, 1.807) is 17.6 Å². The largest absolute Gasteiger partial charge is 0.354 e. The normalized spacial score (nSPS) is 16.2. The molecule has 1 aliphatic rings. The fraction of sp³-hybridized carbons (Fsp3) is 0.304. The maximum Gasteiger partial charge on any atom is 0.266 e. The highest BCUT2D eigenvalue weighted by molar-refractivity contribution is 5.93. The molecular weight excluding hydrogens is 420 g/mol. The maximum atomic E-state index is 12.9. The van der Waals surface area contributed by atoms with Crippen LogP contribution < -0.4 is 15.8 Å². The first-order valence-corrected chi connectivity index (χ1v) is 10.9. The number of fused-ring (bicyclic) bond motifs is 1. The molecular formula is C23H24N8O2. The summed E-state index contributed by atoms with van der Waals surface area (Å²) in [5.74, 6) is 1.27. The Hall–Kier alpha value is -4.08. The molecule has 0 aliphatic carbocycles. The van der Waals surface area contributed by atoms with Gasteiger partial charge in [-0.3, -0.25) is 9.59 Å². The lowest BCUT2D eigenvalue weighted by molar-refractivity contribution is -0.120. The summed E-state index contributed by atoms with van der Waals surface area (Å²) in [6, 6.07) is 14.6. The Bertz CT molecular complexity index is 1380. The topological polar surface area (TPSA) is 110 Å². The minimum Gasteiger partial charge on any atom is -0.354 e. The second-order valence-corrected chi connectivity index (χ2v) is 8.24. The monoisotopic (exact) mass is 444 g/mol. The summed E-state index contributed by atoms with van der Waals surface area (Å²) in [5, 5.41) is 20.0. The summed E-state index contributed by atoms with van der Waals surface area (Å²) < 4.78 is 3.02. The predicted octanol–water partition coefficient (Wildman–Crippen LogP) is 2.05. The number of carbonyl (C=O) groups is 1. The van der Waals surface area contributed by atoms with Crippen molar-refractivity contribution in [3.8, 4) is 11.3 Å². The highest BCUT2D eigenvalue weighted by Crippen LogP contribution is 2.24. The van der Waals surface area contributed by atoms with Crippen molar-refractivity contribution < 1.29 is 4.79 Å². The fourth-order valence-electron chi connectivity index (χ4n) is 4.08. The van der Waals surface area contributed by atoms with Crippen molar-refractivity contribution in [1.82, 2.24) is 29.6 Å². The Balaban J connectivity index is 1.26. The minimum atomic E-state index is -0.154. The summed E-state index contributed by atoms with van der Waals surface area (Å²) in [4.78, 5) is 26.6. The van der Waals surface area contributed by atoms with E-state index in [2.05, 4.69) is 30.6 Å². The van der Waals surface area contributed by atoms with Crippen LogP contribution in [0.15, 0.2) is 53.3 Å². The van der Waals surface area contributed by atoms with E-state index in [-0.39, 0.29) is 17.4 Å². The summed E-state index contributed by atoms with van der Waals surface area (Å²) in [5.41, 5.74) is 3.03. The van der Waals surface area contributed by atoms with Crippen LogP contribution in [0.2, 0.25) is 0 Å². The number of hydrogen-bond donors (Lipinski definition) is 1. The molecule has 10 heteroatoms. The number of amides is 1. The number of nitrogens with zero attached hydrogens (tertiary/aromatic N) is 7. The smallest absolute Gasteiger partial charge is 0.266 e. The number of carbonyl (C=O) groups excluding carboxylic acids is 1. The Kier molecular flexibility index (Phi) is 5.33. The standard InChI is InChI=1S/C23H24N8O2/c1-15-25-26-20-10-9-19(27-31(15)20)16-5-7-18(8-6-16)24-23(33)17-4-3-13-30(14-17)21-11-12-22(32)29(2)28-21/h5-12,17H,3-4,13-14H2,1-2H3,(H,24,33). The van der Waals surface area contributed by atoms with E-state index in [1.807, 2.05) is 43.3 Å². The first kappa shape index (κ1) is 20.8. The van der Waals surface area contributed by atoms with Crippen LogP contribution >= 0.6 is 0 Å². The zero-order chi connectivity index (χ0) is 22.9. The van der Waals surface area contributed by atoms with Gasteiger partial charge in [0.05, 0.1) is 11.6 Å². The zero-order valence-corrected chi connectivity index (χ0v) is 18.5. The molecule has 5 rings (SSSR count). The van der Waals surface area contributed by atoms with Crippen LogP contribution in [0.25, 0.3) is 16.9 Å². The highest BCUT2D eigenvalue weighted by Gasteiger charge is 2.27. The summed E-state index contributed by atoms with van der Waals surface area (Å²) >= 11 is 0. The summed E-state index contributed by atoms with van der Waals surface area (Å²) in [6.45, 7) is 3.24. The molecule has 1 N–H and O–H groups in total. The minimum absolute atomic E-state index is 0.0167. The van der Waals surface area contributed by atoms with Gasteiger partial charge in [0.15, 0.2) is 11.5 Å². The van der Waals surface area contributed by atoms with Crippen LogP contribution in [-0.2, 0) is 11.8 Å². The van der Waals surface area contributed by atoms with E-state index in [0.717, 1.165) is 42.2 Å². The molecule has 1 aliphatic heterocycles. The first-order chi connectivity index (χ1) is 16.0. The van der Waals surface area contributed by atoms with E-state index in [0.29, 0.717) is 18.0 Å². The van der Waals surface area contributed by atoms with Gasteiger partial charge >= 0.3 is 0 Å². The Morgan fingerprint density at radius 1 is 1.03 bits per heavy atom. The molecule has 1 unspecified atom stereocenters. The average Bonchev–Trinajstić information content (AvgIpc) is 3.21. The van der Waals surface area contributed by atoms with Crippen molar-refractivity contribution in [2.75, 3.05) is 23.3 Å². The Morgan fingerprint density at radius 3 is 2.64 bits per heavy atom. The van der Waals surface area contributed by atoms with E-state index in [1.165, 1.54) is 10.7 Å². The molecule has 168 valence electrons. The van der Waals surface area contributed by atoms with Crippen molar-refractivity contribution in [2.24, 2.45) is 13.0 Å². The van der Waals surface area contributed by atoms with Gasteiger partial charge in [-0.15, -0.1) is 10.2 Å². The van der Waals surface area contributed by atoms with E-state index < -0.39 is 0 Å². The number of rotatable bonds is 4. The third-order valence-corrected chi connectivity index (χ3v) is 5.93. The van der Waals surface area contributed by atoms with E-state index >= 15 is 0 Å². The number of piperidine rings is 1. The van der Waals surface area contributed by atoms with Crippen molar-refractivity contribution >= 4 is 23.1 Å². The van der Waals surface area contributed by atoms with Gasteiger partial charge < -0.3 is 10.2 Å². The SMILES string of the molecule is Cc1nnc2ccc(-c3ccc(NC(=O)C4CCCN(c5ccc(=O)n(C)n5)C4)cc3)nn12. The fourth-order valence-corrected chi connectivity index (χ4v) is 4.08. The number of benzene rings is 1. The predicted molar refractivity (Wildman–Crippen MR) is 124 cm³/mol. The second kappa shape index (κ2) is 8.45. The number of anilines is 2. The molecule has 1 aromatic carbocycles. The average molecular weight is 444 g/mol. The van der Waals surface area contributed by atoms with Crippen molar-refractivity contribution in [3.05, 3.63) is 64.7 Å². The molecule has 0 radical (unpaired) electrons.